The number of hydrogen-bond donors (Lipinski definition) is 0. The molecule has 1 unspecified atom stereocenters. The predicted molar refractivity (Wildman–Crippen MR) is 36.5 cm³/mol. The third kappa shape index (κ3) is 1.63. The Morgan fingerprint density at radius 3 is 2.64 bits per heavy atom. The highest BCUT2D eigenvalue weighted by Crippen LogP contribution is 2.23. The van der Waals surface area contributed by atoms with E-state index in [4.69, 9.17) is 11.6 Å². The Balaban J connectivity index is 3.17. The molecule has 5 heteroatoms. The van der Waals surface area contributed by atoms with Gasteiger partial charge in [0.25, 0.3) is 0 Å². The molecule has 1 atom stereocenters. The van der Waals surface area contributed by atoms with Crippen LogP contribution >= 0.6 is 11.6 Å². The zero-order valence-electron chi connectivity index (χ0n) is 5.68. The molecule has 1 aromatic heterocycles. The first kappa shape index (κ1) is 8.33. The molecule has 0 aliphatic carbocycles. The molecule has 0 spiro atoms. The van der Waals surface area contributed by atoms with Gasteiger partial charge in [-0.05, 0) is 6.92 Å². The van der Waals surface area contributed by atoms with E-state index in [1.807, 2.05) is 0 Å². The van der Waals surface area contributed by atoms with Crippen molar-refractivity contribution in [3.8, 4) is 0 Å². The SMILES string of the molecule is CC(F)c1ncnc(F)c1Cl. The van der Waals surface area contributed by atoms with E-state index in [1.54, 1.807) is 0 Å². The summed E-state index contributed by atoms with van der Waals surface area (Å²) in [5.74, 6) is -0.888. The van der Waals surface area contributed by atoms with E-state index in [2.05, 4.69) is 9.97 Å². The van der Waals surface area contributed by atoms with Gasteiger partial charge < -0.3 is 0 Å². The van der Waals surface area contributed by atoms with Crippen LogP contribution in [-0.4, -0.2) is 9.97 Å². The van der Waals surface area contributed by atoms with E-state index in [0.717, 1.165) is 6.33 Å². The summed E-state index contributed by atoms with van der Waals surface area (Å²) in [4.78, 5) is 6.63. The minimum atomic E-state index is -1.38. The summed E-state index contributed by atoms with van der Waals surface area (Å²) in [5, 5.41) is -0.345. The van der Waals surface area contributed by atoms with Gasteiger partial charge in [-0.25, -0.2) is 14.4 Å². The maximum absolute atomic E-state index is 12.5. The zero-order chi connectivity index (χ0) is 8.43. The van der Waals surface area contributed by atoms with E-state index >= 15 is 0 Å². The Bertz CT molecular complexity index is 265. The van der Waals surface area contributed by atoms with Crippen LogP contribution in [0.15, 0.2) is 6.33 Å². The van der Waals surface area contributed by atoms with Gasteiger partial charge in [-0.3, -0.25) is 0 Å². The first-order chi connectivity index (χ1) is 5.13. The molecule has 0 fully saturated rings. The molecule has 0 N–H and O–H groups in total. The van der Waals surface area contributed by atoms with Crippen molar-refractivity contribution in [1.29, 1.82) is 0 Å². The van der Waals surface area contributed by atoms with Crippen LogP contribution in [0.4, 0.5) is 8.78 Å². The normalized spacial score (nSPS) is 13.1. The summed E-state index contributed by atoms with van der Waals surface area (Å²) < 4.78 is 25.0. The Hall–Kier alpha value is -0.770. The van der Waals surface area contributed by atoms with Crippen LogP contribution in [-0.2, 0) is 0 Å². The average Bonchev–Trinajstić information content (AvgIpc) is 1.94. The maximum atomic E-state index is 12.5. The minimum Gasteiger partial charge on any atom is -0.241 e. The van der Waals surface area contributed by atoms with Crippen molar-refractivity contribution in [2.24, 2.45) is 0 Å². The second-order valence-electron chi connectivity index (χ2n) is 1.98. The monoisotopic (exact) mass is 178 g/mol. The van der Waals surface area contributed by atoms with Gasteiger partial charge in [-0.2, -0.15) is 4.39 Å². The molecule has 0 aromatic carbocycles. The smallest absolute Gasteiger partial charge is 0.235 e. The molecule has 0 amide bonds. The Kier molecular flexibility index (Phi) is 2.34. The number of hydrogen-bond acceptors (Lipinski definition) is 2. The minimum absolute atomic E-state index is 0.112. The van der Waals surface area contributed by atoms with Gasteiger partial charge in [-0.1, -0.05) is 11.6 Å². The van der Waals surface area contributed by atoms with Crippen LogP contribution in [0.25, 0.3) is 0 Å². The van der Waals surface area contributed by atoms with Crippen LogP contribution in [0.2, 0.25) is 5.02 Å². The number of rotatable bonds is 1. The molecule has 1 heterocycles. The van der Waals surface area contributed by atoms with Crippen molar-refractivity contribution >= 4 is 11.6 Å². The van der Waals surface area contributed by atoms with Crippen molar-refractivity contribution in [2.75, 3.05) is 0 Å². The summed E-state index contributed by atoms with van der Waals surface area (Å²) in [6.07, 6.45) is -0.438. The van der Waals surface area contributed by atoms with Crippen molar-refractivity contribution < 1.29 is 8.78 Å². The third-order valence-corrected chi connectivity index (χ3v) is 1.50. The van der Waals surface area contributed by atoms with E-state index in [1.165, 1.54) is 6.92 Å². The van der Waals surface area contributed by atoms with Crippen molar-refractivity contribution in [2.45, 2.75) is 13.1 Å². The second-order valence-corrected chi connectivity index (χ2v) is 2.36. The molecule has 1 aromatic rings. The fourth-order valence-corrected chi connectivity index (χ4v) is 0.886. The Morgan fingerprint density at radius 1 is 1.55 bits per heavy atom. The summed E-state index contributed by atoms with van der Waals surface area (Å²) in [5.41, 5.74) is -0.112. The van der Waals surface area contributed by atoms with Crippen LogP contribution in [0.3, 0.4) is 0 Å². The van der Waals surface area contributed by atoms with Crippen LogP contribution in [0, 0.1) is 5.95 Å². The van der Waals surface area contributed by atoms with Gasteiger partial charge in [-0.15, -0.1) is 0 Å². The largest absolute Gasteiger partial charge is 0.241 e. The summed E-state index contributed by atoms with van der Waals surface area (Å²) >= 11 is 5.35. The van der Waals surface area contributed by atoms with Gasteiger partial charge in [0.15, 0.2) is 0 Å². The van der Waals surface area contributed by atoms with Gasteiger partial charge in [0, 0.05) is 0 Å². The van der Waals surface area contributed by atoms with Gasteiger partial charge in [0.05, 0.1) is 5.69 Å². The Morgan fingerprint density at radius 2 is 2.18 bits per heavy atom. The molecule has 0 bridgehead atoms. The maximum Gasteiger partial charge on any atom is 0.235 e. The quantitative estimate of drug-likeness (QED) is 0.617. The lowest BCUT2D eigenvalue weighted by Crippen LogP contribution is -1.96. The highest BCUT2D eigenvalue weighted by molar-refractivity contribution is 6.31. The molecule has 0 radical (unpaired) electrons. The van der Waals surface area contributed by atoms with Gasteiger partial charge >= 0.3 is 0 Å². The molecule has 1 rings (SSSR count). The predicted octanol–water partition coefficient (Wildman–Crippen LogP) is 2.30. The van der Waals surface area contributed by atoms with Crippen molar-refractivity contribution in [3.05, 3.63) is 23.0 Å². The Labute approximate surface area is 67.2 Å². The highest BCUT2D eigenvalue weighted by Gasteiger charge is 2.13. The fraction of sp³-hybridized carbons (Fsp3) is 0.333. The lowest BCUT2D eigenvalue weighted by Gasteiger charge is -2.02. The average molecular weight is 179 g/mol. The van der Waals surface area contributed by atoms with Crippen molar-refractivity contribution in [3.63, 3.8) is 0 Å². The molecule has 0 aliphatic rings. The number of aromatic nitrogens is 2. The molecule has 11 heavy (non-hydrogen) atoms. The number of nitrogens with zero attached hydrogens (tertiary/aromatic N) is 2. The van der Waals surface area contributed by atoms with E-state index < -0.39 is 12.1 Å². The molecule has 0 saturated heterocycles. The third-order valence-electron chi connectivity index (χ3n) is 1.15. The van der Waals surface area contributed by atoms with Gasteiger partial charge in [0.1, 0.15) is 17.5 Å². The number of halogens is 3. The van der Waals surface area contributed by atoms with Crippen LogP contribution < -0.4 is 0 Å². The van der Waals surface area contributed by atoms with E-state index in [-0.39, 0.29) is 10.7 Å². The summed E-state index contributed by atoms with van der Waals surface area (Å²) in [7, 11) is 0. The molecular weight excluding hydrogens is 174 g/mol. The molecular formula is C6H5ClF2N2. The molecule has 60 valence electrons. The highest BCUT2D eigenvalue weighted by atomic mass is 35.5. The standard InChI is InChI=1S/C6H5ClF2N2/c1-3(8)5-4(7)6(9)11-2-10-5/h2-3H,1H3. The lowest BCUT2D eigenvalue weighted by atomic mass is 10.3. The van der Waals surface area contributed by atoms with Crippen LogP contribution in [0.5, 0.6) is 0 Å². The fourth-order valence-electron chi connectivity index (χ4n) is 0.638. The van der Waals surface area contributed by atoms with Gasteiger partial charge in [0.2, 0.25) is 5.95 Å². The van der Waals surface area contributed by atoms with Crippen molar-refractivity contribution in [1.82, 2.24) is 9.97 Å². The first-order valence-corrected chi connectivity index (χ1v) is 3.30. The lowest BCUT2D eigenvalue weighted by molar-refractivity contribution is 0.362. The van der Waals surface area contributed by atoms with E-state index in [0.29, 0.717) is 0 Å². The molecule has 0 saturated carbocycles. The van der Waals surface area contributed by atoms with Crippen LogP contribution in [0.1, 0.15) is 18.8 Å². The topological polar surface area (TPSA) is 25.8 Å². The first-order valence-electron chi connectivity index (χ1n) is 2.93. The second kappa shape index (κ2) is 3.09. The summed E-state index contributed by atoms with van der Waals surface area (Å²) in [6, 6.07) is 0. The van der Waals surface area contributed by atoms with E-state index in [9.17, 15) is 8.78 Å². The molecule has 2 nitrogen and oxygen atoms in total. The zero-order valence-corrected chi connectivity index (χ0v) is 6.44. The molecule has 0 aliphatic heterocycles. The summed E-state index contributed by atoms with van der Waals surface area (Å²) in [6.45, 7) is 1.23. The number of alkyl halides is 1.